The fourth-order valence-corrected chi connectivity index (χ4v) is 2.27. The molecule has 0 aliphatic carbocycles. The van der Waals surface area contributed by atoms with Crippen molar-refractivity contribution < 1.29 is 0 Å². The van der Waals surface area contributed by atoms with Crippen LogP contribution < -0.4 is 0 Å². The zero-order chi connectivity index (χ0) is 13.7. The molecule has 2 nitrogen and oxygen atoms in total. The van der Waals surface area contributed by atoms with Crippen molar-refractivity contribution in [1.29, 1.82) is 5.26 Å². The van der Waals surface area contributed by atoms with E-state index in [2.05, 4.69) is 18.0 Å². The number of pyridine rings is 1. The number of rotatable bonds is 3. The Bertz CT molecular complexity index is 639. The normalized spacial score (nSPS) is 11.6. The molecule has 0 N–H and O–H groups in total. The van der Waals surface area contributed by atoms with Crippen LogP contribution in [0.2, 0.25) is 0 Å². The summed E-state index contributed by atoms with van der Waals surface area (Å²) in [7, 11) is 0. The lowest BCUT2D eigenvalue weighted by Crippen LogP contribution is -1.91. The van der Waals surface area contributed by atoms with E-state index >= 15 is 0 Å². The van der Waals surface area contributed by atoms with Gasteiger partial charge in [-0.3, -0.25) is 4.98 Å². The first-order valence-electron chi connectivity index (χ1n) is 6.06. The third-order valence-corrected chi connectivity index (χ3v) is 3.33. The fourth-order valence-electron chi connectivity index (χ4n) is 1.94. The predicted molar refractivity (Wildman–Crippen MR) is 78.3 cm³/mol. The molecule has 0 unspecified atom stereocenters. The highest BCUT2D eigenvalue weighted by Gasteiger charge is 2.11. The number of benzene rings is 1. The van der Waals surface area contributed by atoms with Gasteiger partial charge in [0.05, 0.1) is 10.6 Å². The number of halogens is 1. The van der Waals surface area contributed by atoms with Crippen molar-refractivity contribution in [2.75, 3.05) is 0 Å². The lowest BCUT2D eigenvalue weighted by molar-refractivity contribution is 1.13. The maximum Gasteiger partial charge on any atom is 0.101 e. The summed E-state index contributed by atoms with van der Waals surface area (Å²) in [6, 6.07) is 13.6. The Hall–Kier alpha value is -2.11. The highest BCUT2D eigenvalue weighted by atomic mass is 35.5. The van der Waals surface area contributed by atoms with Crippen LogP contribution in [0, 0.1) is 11.3 Å². The van der Waals surface area contributed by atoms with Gasteiger partial charge in [0.1, 0.15) is 6.07 Å². The number of nitriles is 1. The Balaban J connectivity index is 2.59. The smallest absolute Gasteiger partial charge is 0.101 e. The summed E-state index contributed by atoms with van der Waals surface area (Å²) in [4.78, 5) is 3.95. The van der Waals surface area contributed by atoms with E-state index in [9.17, 15) is 5.26 Å². The van der Waals surface area contributed by atoms with Gasteiger partial charge in [-0.25, -0.2) is 0 Å². The summed E-state index contributed by atoms with van der Waals surface area (Å²) in [5.74, 6) is 0. The van der Waals surface area contributed by atoms with Gasteiger partial charge in [-0.15, -0.1) is 0 Å². The number of hydrogen-bond donors (Lipinski definition) is 0. The number of aryl methyl sites for hydroxylation is 1. The first kappa shape index (κ1) is 13.3. The third kappa shape index (κ3) is 2.83. The van der Waals surface area contributed by atoms with Gasteiger partial charge in [0, 0.05) is 12.4 Å². The van der Waals surface area contributed by atoms with Crippen LogP contribution in [-0.4, -0.2) is 4.98 Å². The summed E-state index contributed by atoms with van der Waals surface area (Å²) < 4.78 is 0. The summed E-state index contributed by atoms with van der Waals surface area (Å²) in [5.41, 5.74) is 3.31. The van der Waals surface area contributed by atoms with E-state index in [4.69, 9.17) is 11.6 Å². The highest BCUT2D eigenvalue weighted by molar-refractivity contribution is 6.53. The largest absolute Gasteiger partial charge is 0.265 e. The Morgan fingerprint density at radius 2 is 1.89 bits per heavy atom. The molecule has 19 heavy (non-hydrogen) atoms. The first-order valence-corrected chi connectivity index (χ1v) is 6.44. The van der Waals surface area contributed by atoms with Crippen molar-refractivity contribution in [1.82, 2.24) is 4.98 Å². The quantitative estimate of drug-likeness (QED) is 0.779. The van der Waals surface area contributed by atoms with E-state index in [1.807, 2.05) is 24.3 Å². The van der Waals surface area contributed by atoms with Gasteiger partial charge in [-0.2, -0.15) is 5.26 Å². The minimum atomic E-state index is 0.477. The van der Waals surface area contributed by atoms with Crippen molar-refractivity contribution in [2.45, 2.75) is 13.3 Å². The van der Waals surface area contributed by atoms with Crippen LogP contribution in [0.1, 0.15) is 23.6 Å². The standard InChI is InChI=1S/C16H13ClN2/c1-2-12-5-3-4-6-14(12)16(17)15(11-18)13-7-9-19-10-8-13/h3-10H,2H2,1H3/b16-15+. The van der Waals surface area contributed by atoms with Crippen molar-refractivity contribution in [3.63, 3.8) is 0 Å². The van der Waals surface area contributed by atoms with Crippen molar-refractivity contribution in [3.05, 3.63) is 65.5 Å². The first-order chi connectivity index (χ1) is 9.27. The number of nitrogens with zero attached hydrogens (tertiary/aromatic N) is 2. The Kier molecular flexibility index (Phi) is 4.33. The van der Waals surface area contributed by atoms with Crippen molar-refractivity contribution >= 4 is 22.2 Å². The van der Waals surface area contributed by atoms with Gasteiger partial charge >= 0.3 is 0 Å². The molecule has 3 heteroatoms. The monoisotopic (exact) mass is 268 g/mol. The summed E-state index contributed by atoms with van der Waals surface area (Å²) in [5, 5.41) is 9.85. The van der Waals surface area contributed by atoms with Crippen LogP contribution in [0.25, 0.3) is 10.6 Å². The van der Waals surface area contributed by atoms with Crippen LogP contribution in [-0.2, 0) is 6.42 Å². The topological polar surface area (TPSA) is 36.7 Å². The maximum absolute atomic E-state index is 9.36. The molecule has 0 aliphatic rings. The van der Waals surface area contributed by atoms with Crippen LogP contribution in [0.5, 0.6) is 0 Å². The average molecular weight is 269 g/mol. The second-order valence-electron chi connectivity index (χ2n) is 4.05. The second kappa shape index (κ2) is 6.17. The van der Waals surface area contributed by atoms with Crippen LogP contribution in [0.15, 0.2) is 48.8 Å². The molecule has 1 heterocycles. The highest BCUT2D eigenvalue weighted by Crippen LogP contribution is 2.31. The molecule has 2 rings (SSSR count). The van der Waals surface area contributed by atoms with Gasteiger partial charge in [0.25, 0.3) is 0 Å². The van der Waals surface area contributed by atoms with Crippen LogP contribution >= 0.6 is 11.6 Å². The molecule has 0 aliphatic heterocycles. The Labute approximate surface area is 118 Å². The lowest BCUT2D eigenvalue weighted by atomic mass is 10.00. The molecule has 0 fully saturated rings. The molecule has 1 aromatic heterocycles. The molecule has 2 aromatic rings. The molecular weight excluding hydrogens is 256 g/mol. The van der Waals surface area contributed by atoms with Crippen molar-refractivity contribution in [2.24, 2.45) is 0 Å². The molecule has 0 bridgehead atoms. The molecule has 0 saturated carbocycles. The van der Waals surface area contributed by atoms with Crippen molar-refractivity contribution in [3.8, 4) is 6.07 Å². The van der Waals surface area contributed by atoms with E-state index < -0.39 is 0 Å². The van der Waals surface area contributed by atoms with E-state index in [0.717, 1.165) is 23.1 Å². The molecule has 0 spiro atoms. The summed E-state index contributed by atoms with van der Waals surface area (Å²) in [6.45, 7) is 2.07. The molecule has 0 amide bonds. The SMILES string of the molecule is CCc1ccccc1/C(Cl)=C(/C#N)c1ccncc1. The van der Waals surface area contributed by atoms with Gasteiger partial charge in [0.2, 0.25) is 0 Å². The van der Waals surface area contributed by atoms with E-state index in [0.29, 0.717) is 10.6 Å². The third-order valence-electron chi connectivity index (χ3n) is 2.94. The van der Waals surface area contributed by atoms with Gasteiger partial charge in [-0.05, 0) is 35.2 Å². The fraction of sp³-hybridized carbons (Fsp3) is 0.125. The Morgan fingerprint density at radius 1 is 1.21 bits per heavy atom. The second-order valence-corrected chi connectivity index (χ2v) is 4.43. The molecular formula is C16H13ClN2. The van der Waals surface area contributed by atoms with Gasteiger partial charge in [0.15, 0.2) is 0 Å². The zero-order valence-corrected chi connectivity index (χ0v) is 11.4. The number of hydrogen-bond acceptors (Lipinski definition) is 2. The molecule has 94 valence electrons. The van der Waals surface area contributed by atoms with E-state index in [1.165, 1.54) is 0 Å². The lowest BCUT2D eigenvalue weighted by Gasteiger charge is -2.08. The molecule has 0 saturated heterocycles. The number of allylic oxidation sites excluding steroid dienone is 1. The predicted octanol–water partition coefficient (Wildman–Crippen LogP) is 4.27. The summed E-state index contributed by atoms with van der Waals surface area (Å²) >= 11 is 6.43. The molecule has 1 aromatic carbocycles. The van der Waals surface area contributed by atoms with Gasteiger partial charge < -0.3 is 0 Å². The maximum atomic E-state index is 9.36. The minimum Gasteiger partial charge on any atom is -0.265 e. The minimum absolute atomic E-state index is 0.477. The number of aromatic nitrogens is 1. The van der Waals surface area contributed by atoms with E-state index in [-0.39, 0.29) is 0 Å². The molecule has 0 radical (unpaired) electrons. The zero-order valence-electron chi connectivity index (χ0n) is 10.6. The van der Waals surface area contributed by atoms with E-state index in [1.54, 1.807) is 24.5 Å². The van der Waals surface area contributed by atoms with Gasteiger partial charge in [-0.1, -0.05) is 42.8 Å². The van der Waals surface area contributed by atoms with Crippen LogP contribution in [0.4, 0.5) is 0 Å². The van der Waals surface area contributed by atoms with Crippen LogP contribution in [0.3, 0.4) is 0 Å². The summed E-state index contributed by atoms with van der Waals surface area (Å²) in [6.07, 6.45) is 4.19. The molecule has 0 atom stereocenters. The average Bonchev–Trinajstić information content (AvgIpc) is 2.49. The Morgan fingerprint density at radius 3 is 2.53 bits per heavy atom.